The molecule has 0 N–H and O–H groups in total. The van der Waals surface area contributed by atoms with E-state index in [0.717, 1.165) is 0 Å². The van der Waals surface area contributed by atoms with Gasteiger partial charge in [-0.25, -0.2) is 4.39 Å². The molecule has 0 saturated carbocycles. The van der Waals surface area contributed by atoms with Crippen LogP contribution in [-0.4, -0.2) is 24.1 Å². The quantitative estimate of drug-likeness (QED) is 0.665. The highest BCUT2D eigenvalue weighted by atomic mass is 127. The maximum absolute atomic E-state index is 14.5. The number of halogens is 2. The predicted octanol–water partition coefficient (Wildman–Crippen LogP) is 3.14. The number of pyridine rings is 1. The summed E-state index contributed by atoms with van der Waals surface area (Å²) in [5.74, 6) is -0.398. The van der Waals surface area contributed by atoms with E-state index in [-0.39, 0.29) is 29.6 Å². The van der Waals surface area contributed by atoms with E-state index in [1.54, 1.807) is 29.0 Å². The fraction of sp³-hybridized carbons (Fsp3) is 0.333. The summed E-state index contributed by atoms with van der Waals surface area (Å²) in [7, 11) is 1.49. The fourth-order valence-corrected chi connectivity index (χ4v) is 4.19. The van der Waals surface area contributed by atoms with Crippen LogP contribution in [0.15, 0.2) is 35.3 Å². The van der Waals surface area contributed by atoms with Crippen molar-refractivity contribution >= 4 is 34.2 Å². The van der Waals surface area contributed by atoms with Crippen molar-refractivity contribution in [3.8, 4) is 5.75 Å². The monoisotopic (exact) mass is 456 g/mol. The van der Waals surface area contributed by atoms with Gasteiger partial charge in [-0.1, -0.05) is 0 Å². The molecule has 1 aliphatic heterocycles. The Kier molecular flexibility index (Phi) is 5.12. The van der Waals surface area contributed by atoms with Crippen molar-refractivity contribution in [3.05, 3.63) is 55.8 Å². The summed E-state index contributed by atoms with van der Waals surface area (Å²) in [6, 6.07) is 6.47. The van der Waals surface area contributed by atoms with Crippen molar-refractivity contribution in [2.45, 2.75) is 25.8 Å². The highest BCUT2D eigenvalue weighted by Crippen LogP contribution is 2.36. The van der Waals surface area contributed by atoms with Crippen LogP contribution in [0.1, 0.15) is 24.8 Å². The molecule has 1 aromatic carbocycles. The number of rotatable bonds is 4. The number of carbonyl (C=O) groups is 1. The van der Waals surface area contributed by atoms with Crippen LogP contribution in [0, 0.1) is 9.39 Å². The van der Waals surface area contributed by atoms with Crippen LogP contribution in [0.4, 0.5) is 10.1 Å². The van der Waals surface area contributed by atoms with Crippen molar-refractivity contribution in [2.75, 3.05) is 18.6 Å². The van der Waals surface area contributed by atoms with Gasteiger partial charge in [-0.3, -0.25) is 9.59 Å². The number of amides is 1. The van der Waals surface area contributed by atoms with Gasteiger partial charge in [0.15, 0.2) is 0 Å². The first-order chi connectivity index (χ1) is 12.0. The van der Waals surface area contributed by atoms with Crippen molar-refractivity contribution in [1.82, 2.24) is 4.57 Å². The minimum absolute atomic E-state index is 0.165. The summed E-state index contributed by atoms with van der Waals surface area (Å²) < 4.78 is 21.9. The topological polar surface area (TPSA) is 51.5 Å². The summed E-state index contributed by atoms with van der Waals surface area (Å²) in [6.07, 6.45) is 1.87. The van der Waals surface area contributed by atoms with Crippen molar-refractivity contribution in [3.63, 3.8) is 0 Å². The zero-order valence-electron chi connectivity index (χ0n) is 14.0. The van der Waals surface area contributed by atoms with Crippen molar-refractivity contribution < 1.29 is 13.9 Å². The molecule has 1 saturated heterocycles. The molecule has 0 spiro atoms. The molecule has 2 heterocycles. The number of anilines is 1. The van der Waals surface area contributed by atoms with Crippen LogP contribution in [0.2, 0.25) is 0 Å². The number of hydrogen-bond donors (Lipinski definition) is 0. The third kappa shape index (κ3) is 3.29. The summed E-state index contributed by atoms with van der Waals surface area (Å²) >= 11 is 2.06. The number of carbonyl (C=O) groups excluding carboxylic acids is 1. The molecule has 2 aromatic rings. The lowest BCUT2D eigenvalue weighted by Gasteiger charge is -2.18. The standard InChI is InChI=1S/C18H18FIN2O3/c1-3-21-6-4-5-15(18(21)24)22-10-11(7-16(22)23)17-13(19)8-12(25-2)9-14(17)20/h4-6,8-9,11H,3,7,10H2,1-2H3/t11-/m0/s1. The second kappa shape index (κ2) is 7.15. The van der Waals surface area contributed by atoms with Gasteiger partial charge in [0.2, 0.25) is 5.91 Å². The zero-order valence-corrected chi connectivity index (χ0v) is 16.1. The molecule has 0 radical (unpaired) electrons. The predicted molar refractivity (Wildman–Crippen MR) is 102 cm³/mol. The Bertz CT molecular complexity index is 858. The first-order valence-electron chi connectivity index (χ1n) is 7.99. The molecule has 7 heteroatoms. The van der Waals surface area contributed by atoms with Gasteiger partial charge in [0, 0.05) is 46.8 Å². The van der Waals surface area contributed by atoms with Gasteiger partial charge < -0.3 is 14.2 Å². The van der Waals surface area contributed by atoms with E-state index < -0.39 is 0 Å². The molecule has 1 aromatic heterocycles. The normalized spacial score (nSPS) is 17.2. The van der Waals surface area contributed by atoms with Gasteiger partial charge >= 0.3 is 0 Å². The highest BCUT2D eigenvalue weighted by molar-refractivity contribution is 14.1. The zero-order chi connectivity index (χ0) is 18.1. The third-order valence-electron chi connectivity index (χ3n) is 4.45. The highest BCUT2D eigenvalue weighted by Gasteiger charge is 2.35. The summed E-state index contributed by atoms with van der Waals surface area (Å²) in [4.78, 5) is 26.4. The van der Waals surface area contributed by atoms with E-state index in [0.29, 0.717) is 33.7 Å². The number of ether oxygens (including phenoxy) is 1. The molecular weight excluding hydrogens is 438 g/mol. The average Bonchev–Trinajstić information content (AvgIpc) is 2.95. The first-order valence-corrected chi connectivity index (χ1v) is 9.06. The molecule has 25 heavy (non-hydrogen) atoms. The number of methoxy groups -OCH3 is 1. The summed E-state index contributed by atoms with van der Waals surface area (Å²) in [6.45, 7) is 2.69. The van der Waals surface area contributed by atoms with E-state index in [4.69, 9.17) is 4.74 Å². The Morgan fingerprint density at radius 1 is 1.36 bits per heavy atom. The third-order valence-corrected chi connectivity index (χ3v) is 5.35. The summed E-state index contributed by atoms with van der Waals surface area (Å²) in [5, 5.41) is 0. The van der Waals surface area contributed by atoms with Gasteiger partial charge in [-0.2, -0.15) is 0 Å². The Labute approximate surface area is 158 Å². The number of hydrogen-bond acceptors (Lipinski definition) is 3. The molecule has 3 rings (SSSR count). The summed E-state index contributed by atoms with van der Waals surface area (Å²) in [5.41, 5.74) is 0.647. The maximum atomic E-state index is 14.5. The van der Waals surface area contributed by atoms with Crippen LogP contribution in [0.25, 0.3) is 0 Å². The Balaban J connectivity index is 1.95. The molecule has 0 aliphatic carbocycles. The molecular formula is C18H18FIN2O3. The fourth-order valence-electron chi connectivity index (χ4n) is 3.18. The van der Waals surface area contributed by atoms with Crippen LogP contribution in [0.5, 0.6) is 5.75 Å². The minimum Gasteiger partial charge on any atom is -0.497 e. The second-order valence-electron chi connectivity index (χ2n) is 5.89. The number of aromatic nitrogens is 1. The number of aryl methyl sites for hydroxylation is 1. The number of benzene rings is 1. The largest absolute Gasteiger partial charge is 0.497 e. The van der Waals surface area contributed by atoms with Crippen molar-refractivity contribution in [1.29, 1.82) is 0 Å². The van der Waals surface area contributed by atoms with Crippen LogP contribution in [-0.2, 0) is 11.3 Å². The van der Waals surface area contributed by atoms with E-state index in [1.165, 1.54) is 18.1 Å². The molecule has 0 unspecified atom stereocenters. The molecule has 1 atom stereocenters. The molecule has 132 valence electrons. The lowest BCUT2D eigenvalue weighted by molar-refractivity contribution is -0.117. The van der Waals surface area contributed by atoms with Gasteiger partial charge in [0.25, 0.3) is 5.56 Å². The average molecular weight is 456 g/mol. The Morgan fingerprint density at radius 2 is 2.12 bits per heavy atom. The molecule has 1 amide bonds. The van der Waals surface area contributed by atoms with Crippen molar-refractivity contribution in [2.24, 2.45) is 0 Å². The van der Waals surface area contributed by atoms with Gasteiger partial charge in [-0.15, -0.1) is 0 Å². The molecule has 1 aliphatic rings. The molecule has 1 fully saturated rings. The number of nitrogens with zero attached hydrogens (tertiary/aromatic N) is 2. The van der Waals surface area contributed by atoms with Gasteiger partial charge in [0.05, 0.1) is 7.11 Å². The smallest absolute Gasteiger partial charge is 0.274 e. The SMILES string of the molecule is CCn1cccc(N2C[C@@H](c3c(F)cc(OC)cc3I)CC2=O)c1=O. The van der Waals surface area contributed by atoms with Gasteiger partial charge in [-0.05, 0) is 47.7 Å². The van der Waals surface area contributed by atoms with Gasteiger partial charge in [0.1, 0.15) is 17.3 Å². The Hall–Kier alpha value is -1.90. The maximum Gasteiger partial charge on any atom is 0.274 e. The van der Waals surface area contributed by atoms with E-state index in [1.807, 2.05) is 6.92 Å². The lowest BCUT2D eigenvalue weighted by Crippen LogP contribution is -2.32. The molecule has 0 bridgehead atoms. The van der Waals surface area contributed by atoms with Crippen LogP contribution in [0.3, 0.4) is 0 Å². The van der Waals surface area contributed by atoms with Crippen LogP contribution >= 0.6 is 22.6 Å². The lowest BCUT2D eigenvalue weighted by atomic mass is 9.97. The van der Waals surface area contributed by atoms with E-state index >= 15 is 0 Å². The second-order valence-corrected chi connectivity index (χ2v) is 7.06. The Morgan fingerprint density at radius 3 is 2.76 bits per heavy atom. The first kappa shape index (κ1) is 17.9. The van der Waals surface area contributed by atoms with E-state index in [2.05, 4.69) is 22.6 Å². The van der Waals surface area contributed by atoms with Crippen LogP contribution < -0.4 is 15.2 Å². The van der Waals surface area contributed by atoms with E-state index in [9.17, 15) is 14.0 Å². The minimum atomic E-state index is -0.387. The molecule has 5 nitrogen and oxygen atoms in total.